The molecule has 0 aliphatic carbocycles. The van der Waals surface area contributed by atoms with Crippen LogP contribution in [-0.4, -0.2) is 51.5 Å². The van der Waals surface area contributed by atoms with E-state index >= 15 is 0 Å². The van der Waals surface area contributed by atoms with Crippen LogP contribution in [0.25, 0.3) is 5.65 Å². The first-order valence-corrected chi connectivity index (χ1v) is 9.90. The molecule has 1 fully saturated rings. The fourth-order valence-electron chi connectivity index (χ4n) is 3.48. The van der Waals surface area contributed by atoms with Crippen LogP contribution in [0.2, 0.25) is 0 Å². The van der Waals surface area contributed by atoms with Crippen LogP contribution in [0.4, 0.5) is 29.1 Å². The molecule has 5 N–H and O–H groups in total. The van der Waals surface area contributed by atoms with Crippen molar-refractivity contribution in [3.63, 3.8) is 0 Å². The Labute approximate surface area is 185 Å². The maximum Gasteiger partial charge on any atom is 0.490 e. The van der Waals surface area contributed by atoms with Crippen LogP contribution in [0.3, 0.4) is 0 Å². The molecule has 0 radical (unpaired) electrons. The normalized spacial score (nSPS) is 15.9. The zero-order valence-electron chi connectivity index (χ0n) is 17.3. The van der Waals surface area contributed by atoms with Gasteiger partial charge in [0, 0.05) is 24.8 Å². The molecular formula is C20H22F4N6O3. The molecule has 1 aromatic carbocycles. The number of rotatable bonds is 5. The number of aliphatic carboxylic acids is 1. The van der Waals surface area contributed by atoms with Crippen LogP contribution >= 0.6 is 0 Å². The van der Waals surface area contributed by atoms with Gasteiger partial charge in [-0.05, 0) is 37.1 Å². The SMILES string of the molecule is NCCOc1ccc(F)cc1[C@H]1CCCN1c1ccn2ncc(N)c2n1.O=C(O)C(F)(F)F. The van der Waals surface area contributed by atoms with E-state index in [0.717, 1.165) is 30.8 Å². The van der Waals surface area contributed by atoms with E-state index < -0.39 is 12.1 Å². The van der Waals surface area contributed by atoms with E-state index in [4.69, 9.17) is 26.1 Å². The number of halogens is 4. The smallest absolute Gasteiger partial charge is 0.490 e. The fourth-order valence-corrected chi connectivity index (χ4v) is 3.48. The lowest BCUT2D eigenvalue weighted by Crippen LogP contribution is -2.24. The van der Waals surface area contributed by atoms with E-state index in [1.807, 2.05) is 12.3 Å². The zero-order chi connectivity index (χ0) is 24.2. The number of hydrogen-bond acceptors (Lipinski definition) is 7. The predicted molar refractivity (Wildman–Crippen MR) is 111 cm³/mol. The Morgan fingerprint density at radius 2 is 2.03 bits per heavy atom. The van der Waals surface area contributed by atoms with Gasteiger partial charge in [-0.25, -0.2) is 18.7 Å². The molecule has 1 aliphatic heterocycles. The number of benzene rings is 1. The van der Waals surface area contributed by atoms with Gasteiger partial charge >= 0.3 is 12.1 Å². The highest BCUT2D eigenvalue weighted by Gasteiger charge is 2.38. The Bertz CT molecular complexity index is 1120. The summed E-state index contributed by atoms with van der Waals surface area (Å²) in [5.41, 5.74) is 13.5. The van der Waals surface area contributed by atoms with Crippen LogP contribution in [0.1, 0.15) is 24.4 Å². The van der Waals surface area contributed by atoms with Crippen molar-refractivity contribution < 1.29 is 32.2 Å². The Hall–Kier alpha value is -3.61. The summed E-state index contributed by atoms with van der Waals surface area (Å²) in [5.74, 6) is -1.58. The monoisotopic (exact) mass is 470 g/mol. The van der Waals surface area contributed by atoms with Crippen LogP contribution in [-0.2, 0) is 4.79 Å². The number of carboxylic acid groups (broad SMARTS) is 1. The molecule has 4 rings (SSSR count). The van der Waals surface area contributed by atoms with Gasteiger partial charge in [-0.1, -0.05) is 0 Å². The first kappa shape index (κ1) is 24.0. The molecule has 3 aromatic rings. The average Bonchev–Trinajstić information content (AvgIpc) is 3.39. The standard InChI is InChI=1S/C18H21FN6O.C2HF3O2/c19-12-3-4-16(26-9-6-20)13(10-12)15-2-1-7-24(15)17-5-8-25-18(23-17)14(21)11-22-25;3-2(4,5)1(6)7/h3-5,8,10-11,15H,1-2,6-7,9,20-21H2;(H,6,7)/t15-;/m1./s1. The highest BCUT2D eigenvalue weighted by molar-refractivity contribution is 5.73. The van der Waals surface area contributed by atoms with Crippen molar-refractivity contribution in [2.75, 3.05) is 30.3 Å². The number of fused-ring (bicyclic) bond motifs is 1. The number of aromatic nitrogens is 3. The molecule has 1 saturated heterocycles. The number of nitrogen functional groups attached to an aromatic ring is 1. The third-order valence-electron chi connectivity index (χ3n) is 4.88. The minimum absolute atomic E-state index is 0.0161. The Kier molecular flexibility index (Phi) is 7.21. The molecule has 33 heavy (non-hydrogen) atoms. The van der Waals surface area contributed by atoms with Crippen LogP contribution < -0.4 is 21.1 Å². The first-order chi connectivity index (χ1) is 15.6. The van der Waals surface area contributed by atoms with Gasteiger partial charge in [0.2, 0.25) is 0 Å². The van der Waals surface area contributed by atoms with Gasteiger partial charge in [-0.3, -0.25) is 0 Å². The highest BCUT2D eigenvalue weighted by Crippen LogP contribution is 2.39. The summed E-state index contributed by atoms with van der Waals surface area (Å²) in [6, 6.07) is 6.50. The summed E-state index contributed by atoms with van der Waals surface area (Å²) >= 11 is 0. The Morgan fingerprint density at radius 1 is 1.30 bits per heavy atom. The van der Waals surface area contributed by atoms with Crippen molar-refractivity contribution in [1.82, 2.24) is 14.6 Å². The van der Waals surface area contributed by atoms with Crippen LogP contribution in [0, 0.1) is 5.82 Å². The summed E-state index contributed by atoms with van der Waals surface area (Å²) in [7, 11) is 0. The average molecular weight is 470 g/mol. The first-order valence-electron chi connectivity index (χ1n) is 9.90. The molecule has 0 saturated carbocycles. The maximum absolute atomic E-state index is 13.9. The summed E-state index contributed by atoms with van der Waals surface area (Å²) in [4.78, 5) is 15.7. The largest absolute Gasteiger partial charge is 0.492 e. The number of carboxylic acids is 1. The van der Waals surface area contributed by atoms with Gasteiger partial charge in [0.25, 0.3) is 0 Å². The summed E-state index contributed by atoms with van der Waals surface area (Å²) in [6.45, 7) is 1.63. The number of ether oxygens (including phenoxy) is 1. The molecule has 1 atom stereocenters. The van der Waals surface area contributed by atoms with Crippen molar-refractivity contribution in [3.05, 3.63) is 48.0 Å². The third kappa shape index (κ3) is 5.61. The second-order valence-electron chi connectivity index (χ2n) is 7.13. The van der Waals surface area contributed by atoms with Crippen molar-refractivity contribution >= 4 is 23.1 Å². The highest BCUT2D eigenvalue weighted by atomic mass is 19.4. The lowest BCUT2D eigenvalue weighted by Gasteiger charge is -2.27. The molecule has 13 heteroatoms. The number of carbonyl (C=O) groups is 1. The molecule has 2 aromatic heterocycles. The van der Waals surface area contributed by atoms with E-state index in [0.29, 0.717) is 30.2 Å². The van der Waals surface area contributed by atoms with Crippen molar-refractivity contribution in [3.8, 4) is 5.75 Å². The van der Waals surface area contributed by atoms with Gasteiger partial charge < -0.3 is 26.2 Å². The lowest BCUT2D eigenvalue weighted by atomic mass is 10.0. The van der Waals surface area contributed by atoms with Gasteiger partial charge in [-0.15, -0.1) is 0 Å². The van der Waals surface area contributed by atoms with E-state index in [1.165, 1.54) is 6.07 Å². The fraction of sp³-hybridized carbons (Fsp3) is 0.350. The number of alkyl halides is 3. The summed E-state index contributed by atoms with van der Waals surface area (Å²) < 4.78 is 53.0. The van der Waals surface area contributed by atoms with Gasteiger partial charge in [0.15, 0.2) is 5.65 Å². The summed E-state index contributed by atoms with van der Waals surface area (Å²) in [5, 5.41) is 11.3. The van der Waals surface area contributed by atoms with E-state index in [-0.39, 0.29) is 11.9 Å². The number of nitrogens with zero attached hydrogens (tertiary/aromatic N) is 4. The quantitative estimate of drug-likeness (QED) is 0.485. The molecule has 3 heterocycles. The molecule has 0 amide bonds. The van der Waals surface area contributed by atoms with Crippen molar-refractivity contribution in [2.24, 2.45) is 5.73 Å². The maximum atomic E-state index is 13.9. The van der Waals surface area contributed by atoms with E-state index in [9.17, 15) is 17.6 Å². The minimum atomic E-state index is -5.08. The Morgan fingerprint density at radius 3 is 2.70 bits per heavy atom. The third-order valence-corrected chi connectivity index (χ3v) is 4.88. The Balaban J connectivity index is 0.000000383. The molecule has 0 bridgehead atoms. The molecular weight excluding hydrogens is 448 g/mol. The second kappa shape index (κ2) is 9.90. The molecule has 178 valence electrons. The lowest BCUT2D eigenvalue weighted by molar-refractivity contribution is -0.192. The van der Waals surface area contributed by atoms with Crippen molar-refractivity contribution in [1.29, 1.82) is 0 Å². The topological polar surface area (TPSA) is 132 Å². The zero-order valence-corrected chi connectivity index (χ0v) is 17.3. The van der Waals surface area contributed by atoms with Crippen molar-refractivity contribution in [2.45, 2.75) is 25.1 Å². The van der Waals surface area contributed by atoms with Gasteiger partial charge in [0.05, 0.1) is 17.9 Å². The number of nitrogens with two attached hydrogens (primary N) is 2. The minimum Gasteiger partial charge on any atom is -0.492 e. The second-order valence-corrected chi connectivity index (χ2v) is 7.13. The van der Waals surface area contributed by atoms with E-state index in [1.54, 1.807) is 22.8 Å². The predicted octanol–water partition coefficient (Wildman–Crippen LogP) is 2.76. The van der Waals surface area contributed by atoms with Crippen LogP contribution in [0.5, 0.6) is 5.75 Å². The van der Waals surface area contributed by atoms with Gasteiger partial charge in [0.1, 0.15) is 24.0 Å². The molecule has 0 spiro atoms. The van der Waals surface area contributed by atoms with Gasteiger partial charge in [-0.2, -0.15) is 18.3 Å². The van der Waals surface area contributed by atoms with Crippen LogP contribution in [0.15, 0.2) is 36.7 Å². The molecule has 1 aliphatic rings. The summed E-state index contributed by atoms with van der Waals surface area (Å²) in [6.07, 6.45) is 0.211. The number of anilines is 2. The molecule has 9 nitrogen and oxygen atoms in total. The number of hydrogen-bond donors (Lipinski definition) is 3. The molecule has 0 unspecified atom stereocenters. The van der Waals surface area contributed by atoms with E-state index in [2.05, 4.69) is 15.0 Å².